The number of hydrogen-bond acceptors (Lipinski definition) is 3. The number of nitrogens with one attached hydrogen (secondary N) is 1. The lowest BCUT2D eigenvalue weighted by atomic mass is 10.1. The van der Waals surface area contributed by atoms with Crippen LogP contribution in [0.2, 0.25) is 0 Å². The summed E-state index contributed by atoms with van der Waals surface area (Å²) in [4.78, 5) is 16.6. The average molecular weight is 303 g/mol. The van der Waals surface area contributed by atoms with Crippen LogP contribution in [0, 0.1) is 5.92 Å². The van der Waals surface area contributed by atoms with Gasteiger partial charge < -0.3 is 15.1 Å². The molecule has 4 nitrogen and oxygen atoms in total. The molecule has 0 atom stereocenters. The molecule has 1 amide bonds. The zero-order chi connectivity index (χ0) is 15.8. The fourth-order valence-corrected chi connectivity index (χ4v) is 2.72. The minimum atomic E-state index is 0.282. The summed E-state index contributed by atoms with van der Waals surface area (Å²) in [5.41, 5.74) is 1.25. The third kappa shape index (κ3) is 5.34. The highest BCUT2D eigenvalue weighted by Crippen LogP contribution is 2.15. The molecule has 0 unspecified atom stereocenters. The van der Waals surface area contributed by atoms with Crippen molar-refractivity contribution in [3.05, 3.63) is 30.3 Å². The van der Waals surface area contributed by atoms with E-state index < -0.39 is 0 Å². The van der Waals surface area contributed by atoms with Crippen LogP contribution < -0.4 is 10.2 Å². The number of benzene rings is 1. The standard InChI is InChI=1S/C18H29N3O/c1-16(2)8-10-19-11-9-18(22)21-14-12-20(13-15-21)17-6-4-3-5-7-17/h3-7,16,19H,8-15H2,1-2H3. The molecule has 0 saturated carbocycles. The van der Waals surface area contributed by atoms with Crippen molar-refractivity contribution in [2.75, 3.05) is 44.2 Å². The van der Waals surface area contributed by atoms with Crippen molar-refractivity contribution in [3.63, 3.8) is 0 Å². The van der Waals surface area contributed by atoms with E-state index >= 15 is 0 Å². The van der Waals surface area contributed by atoms with Crippen LogP contribution in [-0.2, 0) is 4.79 Å². The van der Waals surface area contributed by atoms with Crippen LogP contribution in [0.15, 0.2) is 30.3 Å². The first-order valence-corrected chi connectivity index (χ1v) is 8.45. The number of carbonyl (C=O) groups excluding carboxylic acids is 1. The molecule has 1 saturated heterocycles. The van der Waals surface area contributed by atoms with Crippen LogP contribution in [0.5, 0.6) is 0 Å². The van der Waals surface area contributed by atoms with Crippen LogP contribution in [0.25, 0.3) is 0 Å². The first-order valence-electron chi connectivity index (χ1n) is 8.45. The number of hydrogen-bond donors (Lipinski definition) is 1. The maximum Gasteiger partial charge on any atom is 0.223 e. The molecule has 2 rings (SSSR count). The van der Waals surface area contributed by atoms with Crippen molar-refractivity contribution < 1.29 is 4.79 Å². The predicted molar refractivity (Wildman–Crippen MR) is 92.2 cm³/mol. The van der Waals surface area contributed by atoms with Gasteiger partial charge in [0.2, 0.25) is 5.91 Å². The Hall–Kier alpha value is -1.55. The summed E-state index contributed by atoms with van der Waals surface area (Å²) in [6.07, 6.45) is 1.79. The molecule has 1 fully saturated rings. The second-order valence-corrected chi connectivity index (χ2v) is 6.39. The topological polar surface area (TPSA) is 35.6 Å². The molecule has 4 heteroatoms. The van der Waals surface area contributed by atoms with Crippen molar-refractivity contribution in [3.8, 4) is 0 Å². The second-order valence-electron chi connectivity index (χ2n) is 6.39. The zero-order valence-corrected chi connectivity index (χ0v) is 13.9. The van der Waals surface area contributed by atoms with E-state index in [0.29, 0.717) is 12.3 Å². The highest BCUT2D eigenvalue weighted by Gasteiger charge is 2.20. The SMILES string of the molecule is CC(C)CCNCCC(=O)N1CCN(c2ccccc2)CC1. The van der Waals surface area contributed by atoms with Crippen LogP contribution in [0.4, 0.5) is 5.69 Å². The minimum absolute atomic E-state index is 0.282. The normalized spacial score (nSPS) is 15.4. The first-order chi connectivity index (χ1) is 10.7. The van der Waals surface area contributed by atoms with Crippen molar-refractivity contribution in [1.29, 1.82) is 0 Å². The van der Waals surface area contributed by atoms with Crippen molar-refractivity contribution in [2.45, 2.75) is 26.7 Å². The maximum absolute atomic E-state index is 12.2. The van der Waals surface area contributed by atoms with Gasteiger partial charge in [-0.05, 0) is 31.0 Å². The fourth-order valence-electron chi connectivity index (χ4n) is 2.72. The van der Waals surface area contributed by atoms with Crippen LogP contribution in [0.3, 0.4) is 0 Å². The van der Waals surface area contributed by atoms with Gasteiger partial charge in [0.25, 0.3) is 0 Å². The average Bonchev–Trinajstić information content (AvgIpc) is 2.55. The third-order valence-corrected chi connectivity index (χ3v) is 4.17. The van der Waals surface area contributed by atoms with Crippen LogP contribution in [-0.4, -0.2) is 50.1 Å². The summed E-state index contributed by atoms with van der Waals surface area (Å²) in [6, 6.07) is 10.4. The van der Waals surface area contributed by atoms with Crippen LogP contribution >= 0.6 is 0 Å². The van der Waals surface area contributed by atoms with Crippen LogP contribution in [0.1, 0.15) is 26.7 Å². The zero-order valence-electron chi connectivity index (χ0n) is 13.9. The number of para-hydroxylation sites is 1. The Balaban J connectivity index is 1.65. The summed E-state index contributed by atoms with van der Waals surface area (Å²) >= 11 is 0. The highest BCUT2D eigenvalue weighted by atomic mass is 16.2. The van der Waals surface area contributed by atoms with E-state index in [2.05, 4.69) is 48.3 Å². The molecule has 0 bridgehead atoms. The number of amides is 1. The molecule has 0 radical (unpaired) electrons. The van der Waals surface area contributed by atoms with Crippen molar-refractivity contribution in [2.24, 2.45) is 5.92 Å². The summed E-state index contributed by atoms with van der Waals surface area (Å²) in [7, 11) is 0. The monoisotopic (exact) mass is 303 g/mol. The molecule has 1 aromatic rings. The summed E-state index contributed by atoms with van der Waals surface area (Å²) < 4.78 is 0. The Bertz CT molecular complexity index is 439. The number of rotatable bonds is 7. The van der Waals surface area contributed by atoms with Crippen molar-refractivity contribution >= 4 is 11.6 Å². The lowest BCUT2D eigenvalue weighted by molar-refractivity contribution is -0.131. The molecular formula is C18H29N3O. The minimum Gasteiger partial charge on any atom is -0.368 e. The van der Waals surface area contributed by atoms with E-state index in [0.717, 1.165) is 39.3 Å². The molecule has 22 heavy (non-hydrogen) atoms. The predicted octanol–water partition coefficient (Wildman–Crippen LogP) is 2.36. The van der Waals surface area contributed by atoms with Gasteiger partial charge in [0.15, 0.2) is 0 Å². The molecule has 0 aliphatic carbocycles. The molecule has 1 heterocycles. The highest BCUT2D eigenvalue weighted by molar-refractivity contribution is 5.76. The van der Waals surface area contributed by atoms with E-state index in [1.165, 1.54) is 12.1 Å². The Morgan fingerprint density at radius 1 is 1.09 bits per heavy atom. The van der Waals surface area contributed by atoms with Gasteiger partial charge in [0.05, 0.1) is 0 Å². The molecule has 1 aliphatic heterocycles. The number of nitrogens with zero attached hydrogens (tertiary/aromatic N) is 2. The number of carbonyl (C=O) groups is 1. The van der Waals surface area contributed by atoms with Gasteiger partial charge in [-0.25, -0.2) is 0 Å². The molecule has 1 aliphatic rings. The largest absolute Gasteiger partial charge is 0.368 e. The van der Waals surface area contributed by atoms with Gasteiger partial charge in [-0.1, -0.05) is 32.0 Å². The Morgan fingerprint density at radius 3 is 2.41 bits per heavy atom. The summed E-state index contributed by atoms with van der Waals surface area (Å²) in [6.45, 7) is 9.77. The van der Waals surface area contributed by atoms with Gasteiger partial charge >= 0.3 is 0 Å². The van der Waals surface area contributed by atoms with E-state index in [4.69, 9.17) is 0 Å². The first kappa shape index (κ1) is 16.8. The van der Waals surface area contributed by atoms with E-state index in [9.17, 15) is 4.79 Å². The quantitative estimate of drug-likeness (QED) is 0.786. The molecule has 1 N–H and O–H groups in total. The van der Waals surface area contributed by atoms with Gasteiger partial charge in [0, 0.05) is 44.8 Å². The van der Waals surface area contributed by atoms with Gasteiger partial charge in [-0.2, -0.15) is 0 Å². The Labute approximate surface area is 134 Å². The lowest BCUT2D eigenvalue weighted by Gasteiger charge is -2.36. The third-order valence-electron chi connectivity index (χ3n) is 4.17. The Kier molecular flexibility index (Phi) is 6.72. The number of piperazine rings is 1. The van der Waals surface area contributed by atoms with E-state index in [-0.39, 0.29) is 5.91 Å². The van der Waals surface area contributed by atoms with Gasteiger partial charge in [-0.3, -0.25) is 4.79 Å². The molecule has 0 aromatic heterocycles. The molecular weight excluding hydrogens is 274 g/mol. The lowest BCUT2D eigenvalue weighted by Crippen LogP contribution is -2.49. The summed E-state index contributed by atoms with van der Waals surface area (Å²) in [5.74, 6) is 0.999. The fraction of sp³-hybridized carbons (Fsp3) is 0.611. The van der Waals surface area contributed by atoms with Gasteiger partial charge in [-0.15, -0.1) is 0 Å². The summed E-state index contributed by atoms with van der Waals surface area (Å²) in [5, 5.41) is 3.36. The second kappa shape index (κ2) is 8.79. The Morgan fingerprint density at radius 2 is 1.77 bits per heavy atom. The molecule has 1 aromatic carbocycles. The molecule has 0 spiro atoms. The van der Waals surface area contributed by atoms with E-state index in [1.807, 2.05) is 11.0 Å². The number of anilines is 1. The van der Waals surface area contributed by atoms with E-state index in [1.54, 1.807) is 0 Å². The smallest absolute Gasteiger partial charge is 0.223 e. The van der Waals surface area contributed by atoms with Gasteiger partial charge in [0.1, 0.15) is 0 Å². The molecule has 122 valence electrons. The maximum atomic E-state index is 12.2. The van der Waals surface area contributed by atoms with Crippen molar-refractivity contribution in [1.82, 2.24) is 10.2 Å².